The van der Waals surface area contributed by atoms with E-state index in [1.165, 1.54) is 37.7 Å². The van der Waals surface area contributed by atoms with Crippen molar-refractivity contribution in [3.8, 4) is 0 Å². The lowest BCUT2D eigenvalue weighted by molar-refractivity contribution is -0.0689. The Bertz CT molecular complexity index is 278. The van der Waals surface area contributed by atoms with E-state index < -0.39 is 0 Å². The summed E-state index contributed by atoms with van der Waals surface area (Å²) in [5.41, 5.74) is 7.87. The fourth-order valence-corrected chi connectivity index (χ4v) is 3.42. The van der Waals surface area contributed by atoms with Crippen LogP contribution in [0.3, 0.4) is 0 Å². The lowest BCUT2D eigenvalue weighted by Gasteiger charge is -2.38. The summed E-state index contributed by atoms with van der Waals surface area (Å²) in [5, 5.41) is 0. The standard InChI is InChI=1S/C12H19NO/c13-6-5-11-7-10(11)8-14-12(9-11)3-1-2-4-12/h7H,1-6,8-9,13H2. The zero-order chi connectivity index (χ0) is 9.65. The van der Waals surface area contributed by atoms with Crippen molar-refractivity contribution >= 4 is 0 Å². The molecule has 1 unspecified atom stereocenters. The molecule has 2 aliphatic carbocycles. The zero-order valence-electron chi connectivity index (χ0n) is 8.72. The van der Waals surface area contributed by atoms with Gasteiger partial charge in [0.25, 0.3) is 0 Å². The SMILES string of the molecule is NCCC12C=C1COC1(CCCC1)C2. The molecule has 0 aromatic heterocycles. The van der Waals surface area contributed by atoms with Gasteiger partial charge in [0, 0.05) is 5.41 Å². The van der Waals surface area contributed by atoms with Gasteiger partial charge >= 0.3 is 0 Å². The van der Waals surface area contributed by atoms with Crippen molar-refractivity contribution < 1.29 is 4.74 Å². The first-order chi connectivity index (χ1) is 6.79. The Kier molecular flexibility index (Phi) is 1.80. The molecule has 78 valence electrons. The van der Waals surface area contributed by atoms with Crippen LogP contribution in [0.1, 0.15) is 38.5 Å². The van der Waals surface area contributed by atoms with Crippen LogP contribution >= 0.6 is 0 Å². The smallest absolute Gasteiger partial charge is 0.0698 e. The fourth-order valence-electron chi connectivity index (χ4n) is 3.42. The molecule has 2 N–H and O–H groups in total. The lowest BCUT2D eigenvalue weighted by atomic mass is 9.79. The van der Waals surface area contributed by atoms with Crippen molar-refractivity contribution in [3.05, 3.63) is 11.6 Å². The van der Waals surface area contributed by atoms with Gasteiger partial charge in [-0.2, -0.15) is 0 Å². The quantitative estimate of drug-likeness (QED) is 0.681. The fraction of sp³-hybridized carbons (Fsp3) is 0.833. The molecule has 2 fully saturated rings. The van der Waals surface area contributed by atoms with E-state index in [9.17, 15) is 0 Å². The molecule has 2 heteroatoms. The number of nitrogens with two attached hydrogens (primary N) is 1. The molecular formula is C12H19NO. The Morgan fingerprint density at radius 2 is 2.14 bits per heavy atom. The first-order valence-corrected chi connectivity index (χ1v) is 5.85. The van der Waals surface area contributed by atoms with E-state index in [2.05, 4.69) is 6.08 Å². The number of allylic oxidation sites excluding steroid dienone is 1. The number of ether oxygens (including phenoxy) is 1. The number of hydrogen-bond acceptors (Lipinski definition) is 2. The molecule has 3 rings (SSSR count). The molecule has 1 saturated carbocycles. The summed E-state index contributed by atoms with van der Waals surface area (Å²) in [6.07, 6.45) is 10.1. The van der Waals surface area contributed by atoms with Gasteiger partial charge in [0.05, 0.1) is 12.2 Å². The van der Waals surface area contributed by atoms with E-state index in [4.69, 9.17) is 10.5 Å². The first-order valence-electron chi connectivity index (χ1n) is 5.85. The van der Waals surface area contributed by atoms with Crippen molar-refractivity contribution in [1.82, 2.24) is 0 Å². The highest BCUT2D eigenvalue weighted by molar-refractivity contribution is 5.42. The minimum Gasteiger partial charge on any atom is -0.371 e. The summed E-state index contributed by atoms with van der Waals surface area (Å²) >= 11 is 0. The Morgan fingerprint density at radius 3 is 2.86 bits per heavy atom. The summed E-state index contributed by atoms with van der Waals surface area (Å²) in [6.45, 7) is 1.70. The van der Waals surface area contributed by atoms with Crippen molar-refractivity contribution in [2.75, 3.05) is 13.2 Å². The molecule has 14 heavy (non-hydrogen) atoms. The second-order valence-corrected chi connectivity index (χ2v) is 5.22. The van der Waals surface area contributed by atoms with Gasteiger partial charge in [0.2, 0.25) is 0 Å². The summed E-state index contributed by atoms with van der Waals surface area (Å²) in [4.78, 5) is 0. The molecule has 1 saturated heterocycles. The molecule has 0 aromatic rings. The highest BCUT2D eigenvalue weighted by atomic mass is 16.5. The van der Waals surface area contributed by atoms with Crippen LogP contribution in [-0.2, 0) is 4.74 Å². The molecule has 1 spiro atoms. The highest BCUT2D eigenvalue weighted by Crippen LogP contribution is 2.59. The minimum atomic E-state index is 0.242. The second-order valence-electron chi connectivity index (χ2n) is 5.22. The maximum Gasteiger partial charge on any atom is 0.0698 e. The van der Waals surface area contributed by atoms with E-state index in [-0.39, 0.29) is 5.60 Å². The molecule has 1 heterocycles. The summed E-state index contributed by atoms with van der Waals surface area (Å²) in [6, 6.07) is 0. The third kappa shape index (κ3) is 1.17. The first kappa shape index (κ1) is 8.93. The van der Waals surface area contributed by atoms with Crippen LogP contribution in [0, 0.1) is 5.41 Å². The minimum absolute atomic E-state index is 0.242. The van der Waals surface area contributed by atoms with E-state index in [1.54, 1.807) is 0 Å². The monoisotopic (exact) mass is 193 g/mol. The van der Waals surface area contributed by atoms with Crippen LogP contribution in [-0.4, -0.2) is 18.8 Å². The molecule has 0 radical (unpaired) electrons. The van der Waals surface area contributed by atoms with Crippen molar-refractivity contribution in [3.63, 3.8) is 0 Å². The van der Waals surface area contributed by atoms with Gasteiger partial charge in [-0.05, 0) is 37.8 Å². The summed E-state index contributed by atoms with van der Waals surface area (Å²) in [7, 11) is 0. The molecular weight excluding hydrogens is 174 g/mol. The molecule has 2 nitrogen and oxygen atoms in total. The van der Waals surface area contributed by atoms with Gasteiger partial charge in [-0.1, -0.05) is 18.9 Å². The van der Waals surface area contributed by atoms with Crippen molar-refractivity contribution in [2.45, 2.75) is 44.1 Å². The Morgan fingerprint density at radius 1 is 1.36 bits per heavy atom. The van der Waals surface area contributed by atoms with Crippen LogP contribution in [0.25, 0.3) is 0 Å². The van der Waals surface area contributed by atoms with Crippen LogP contribution in [0.4, 0.5) is 0 Å². The third-order valence-electron chi connectivity index (χ3n) is 4.28. The predicted octanol–water partition coefficient (Wildman–Crippen LogP) is 1.99. The zero-order valence-corrected chi connectivity index (χ0v) is 8.72. The molecule has 0 amide bonds. The van der Waals surface area contributed by atoms with Crippen molar-refractivity contribution in [1.29, 1.82) is 0 Å². The maximum atomic E-state index is 6.04. The normalized spacial score (nSPS) is 38.2. The van der Waals surface area contributed by atoms with Gasteiger partial charge < -0.3 is 10.5 Å². The number of fused-ring (bicyclic) bond motifs is 1. The Labute approximate surface area is 85.5 Å². The van der Waals surface area contributed by atoms with Gasteiger partial charge in [-0.3, -0.25) is 0 Å². The topological polar surface area (TPSA) is 35.2 Å². The van der Waals surface area contributed by atoms with E-state index in [1.807, 2.05) is 0 Å². The maximum absolute atomic E-state index is 6.04. The molecule has 1 atom stereocenters. The summed E-state index contributed by atoms with van der Waals surface area (Å²) in [5.74, 6) is 0. The average Bonchev–Trinajstić information content (AvgIpc) is 2.68. The average molecular weight is 193 g/mol. The number of rotatable bonds is 2. The molecule has 0 aromatic carbocycles. The van der Waals surface area contributed by atoms with E-state index >= 15 is 0 Å². The van der Waals surface area contributed by atoms with E-state index in [0.717, 1.165) is 19.6 Å². The van der Waals surface area contributed by atoms with Crippen LogP contribution in [0.2, 0.25) is 0 Å². The van der Waals surface area contributed by atoms with Gasteiger partial charge in [0.1, 0.15) is 0 Å². The van der Waals surface area contributed by atoms with E-state index in [0.29, 0.717) is 5.41 Å². The van der Waals surface area contributed by atoms with Crippen LogP contribution in [0.15, 0.2) is 11.6 Å². The molecule has 0 bridgehead atoms. The Hall–Kier alpha value is -0.340. The second kappa shape index (κ2) is 2.83. The molecule has 1 aliphatic heterocycles. The lowest BCUT2D eigenvalue weighted by Crippen LogP contribution is -2.38. The van der Waals surface area contributed by atoms with Crippen LogP contribution in [0.5, 0.6) is 0 Å². The van der Waals surface area contributed by atoms with Gasteiger partial charge in [0.15, 0.2) is 0 Å². The highest BCUT2D eigenvalue weighted by Gasteiger charge is 2.54. The van der Waals surface area contributed by atoms with Crippen LogP contribution < -0.4 is 5.73 Å². The molecule has 3 aliphatic rings. The van der Waals surface area contributed by atoms with Gasteiger partial charge in [-0.25, -0.2) is 0 Å². The Balaban J connectivity index is 1.74. The number of hydrogen-bond donors (Lipinski definition) is 1. The van der Waals surface area contributed by atoms with Crippen molar-refractivity contribution in [2.24, 2.45) is 11.1 Å². The van der Waals surface area contributed by atoms with Gasteiger partial charge in [-0.15, -0.1) is 0 Å². The largest absolute Gasteiger partial charge is 0.371 e. The predicted molar refractivity (Wildman–Crippen MR) is 56.0 cm³/mol. The summed E-state index contributed by atoms with van der Waals surface area (Å²) < 4.78 is 6.04. The third-order valence-corrected chi connectivity index (χ3v) is 4.28.